The second-order valence-electron chi connectivity index (χ2n) is 6.47. The molecule has 0 bridgehead atoms. The molecule has 0 aromatic carbocycles. The lowest BCUT2D eigenvalue weighted by atomic mass is 9.80. The van der Waals surface area contributed by atoms with Gasteiger partial charge >= 0.3 is 0 Å². The Hall–Kier alpha value is -0.650. The Labute approximate surface area is 133 Å². The van der Waals surface area contributed by atoms with Crippen LogP contribution in [0.25, 0.3) is 0 Å². The molecule has 0 spiro atoms. The number of ether oxygens (including phenoxy) is 2. The quantitative estimate of drug-likeness (QED) is 0.543. The third-order valence-corrected chi connectivity index (χ3v) is 3.73. The van der Waals surface area contributed by atoms with Crippen molar-refractivity contribution < 1.29 is 17.1 Å². The van der Waals surface area contributed by atoms with Crippen LogP contribution in [0.3, 0.4) is 0 Å². The molecule has 2 N–H and O–H groups in total. The monoisotopic (exact) mass is 306 g/mol. The van der Waals surface area contributed by atoms with E-state index in [4.69, 9.17) is 9.47 Å². The maximum absolute atomic E-state index is 12.0. The minimum absolute atomic E-state index is 0. The van der Waals surface area contributed by atoms with E-state index in [0.717, 1.165) is 6.54 Å². The average molecular weight is 306 g/mol. The fourth-order valence-corrected chi connectivity index (χ4v) is 1.47. The van der Waals surface area contributed by atoms with Gasteiger partial charge in [0.05, 0.1) is 26.4 Å². The summed E-state index contributed by atoms with van der Waals surface area (Å²) in [4.78, 5) is 12.0. The second kappa shape index (κ2) is 11.0. The molecule has 0 rings (SSSR count). The predicted molar refractivity (Wildman–Crippen MR) is 90.6 cm³/mol. The fourth-order valence-electron chi connectivity index (χ4n) is 1.47. The number of carbonyl (C=O) groups excluding carboxylic acids is 1. The number of hydrogen-bond donors (Lipinski definition) is 2. The molecule has 5 heteroatoms. The highest BCUT2D eigenvalue weighted by atomic mass is 16.5. The lowest BCUT2D eigenvalue weighted by molar-refractivity contribution is -0.131. The molecule has 5 nitrogen and oxygen atoms in total. The number of amides is 1. The highest BCUT2D eigenvalue weighted by molar-refractivity contribution is 5.81. The molecule has 0 heterocycles. The number of hydrogen-bond acceptors (Lipinski definition) is 4. The molecular formula is C16H38N2O3. The lowest BCUT2D eigenvalue weighted by Crippen LogP contribution is -2.41. The summed E-state index contributed by atoms with van der Waals surface area (Å²) < 4.78 is 10.8. The van der Waals surface area contributed by atoms with Gasteiger partial charge in [0.25, 0.3) is 0 Å². The van der Waals surface area contributed by atoms with Crippen LogP contribution in [0, 0.1) is 11.3 Å². The molecule has 0 aromatic rings. The van der Waals surface area contributed by atoms with E-state index in [1.54, 1.807) is 0 Å². The molecule has 0 atom stereocenters. The normalized spacial score (nSPS) is 12.2. The van der Waals surface area contributed by atoms with Crippen molar-refractivity contribution >= 4 is 5.91 Å². The fraction of sp³-hybridized carbons (Fsp3) is 0.938. The summed E-state index contributed by atoms with van der Waals surface area (Å²) in [7, 11) is 0. The van der Waals surface area contributed by atoms with Crippen LogP contribution in [0.15, 0.2) is 0 Å². The maximum Gasteiger partial charge on any atom is 0.225 e. The van der Waals surface area contributed by atoms with E-state index < -0.39 is 0 Å². The Morgan fingerprint density at radius 2 is 1.52 bits per heavy atom. The Balaban J connectivity index is -0.00000200. The molecule has 21 heavy (non-hydrogen) atoms. The van der Waals surface area contributed by atoms with Crippen LogP contribution in [-0.2, 0) is 14.3 Å². The van der Waals surface area contributed by atoms with Crippen LogP contribution in [0.4, 0.5) is 0 Å². The van der Waals surface area contributed by atoms with Gasteiger partial charge in [0.2, 0.25) is 5.91 Å². The summed E-state index contributed by atoms with van der Waals surface area (Å²) in [5.74, 6) is 0.392. The van der Waals surface area contributed by atoms with E-state index in [1.165, 1.54) is 0 Å². The van der Waals surface area contributed by atoms with Crippen molar-refractivity contribution in [3.8, 4) is 0 Å². The van der Waals surface area contributed by atoms with E-state index in [0.29, 0.717) is 44.9 Å². The predicted octanol–water partition coefficient (Wildman–Crippen LogP) is 2.31. The molecule has 0 radical (unpaired) electrons. The van der Waals surface area contributed by atoms with E-state index in [9.17, 15) is 4.79 Å². The topological polar surface area (TPSA) is 59.6 Å². The summed E-state index contributed by atoms with van der Waals surface area (Å²) in [5, 5.41) is 6.19. The third-order valence-electron chi connectivity index (χ3n) is 3.73. The van der Waals surface area contributed by atoms with Gasteiger partial charge in [0.1, 0.15) is 0 Å². The average Bonchev–Trinajstić information content (AvgIpc) is 2.39. The molecular weight excluding hydrogens is 268 g/mol. The molecule has 1 amide bonds. The van der Waals surface area contributed by atoms with Crippen LogP contribution in [0.1, 0.15) is 44.4 Å². The first-order valence-electron chi connectivity index (χ1n) is 7.95. The molecule has 0 saturated carbocycles. The van der Waals surface area contributed by atoms with Crippen LogP contribution in [0.2, 0.25) is 0 Å². The van der Waals surface area contributed by atoms with Gasteiger partial charge < -0.3 is 20.1 Å². The van der Waals surface area contributed by atoms with E-state index in [1.807, 2.05) is 13.8 Å². The van der Waals surface area contributed by atoms with Gasteiger partial charge in [0.15, 0.2) is 0 Å². The highest BCUT2D eigenvalue weighted by Crippen LogP contribution is 2.25. The molecule has 0 fully saturated rings. The van der Waals surface area contributed by atoms with Crippen LogP contribution in [0.5, 0.6) is 0 Å². The molecule has 0 aliphatic carbocycles. The van der Waals surface area contributed by atoms with Crippen molar-refractivity contribution in [3.63, 3.8) is 0 Å². The first-order chi connectivity index (χ1) is 9.78. The van der Waals surface area contributed by atoms with Crippen molar-refractivity contribution in [2.24, 2.45) is 11.3 Å². The minimum Gasteiger partial charge on any atom is -0.378 e. The zero-order valence-electron chi connectivity index (χ0n) is 14.6. The van der Waals surface area contributed by atoms with Gasteiger partial charge in [-0.1, -0.05) is 41.5 Å². The van der Waals surface area contributed by atoms with Crippen LogP contribution >= 0.6 is 0 Å². The molecule has 0 aromatic heterocycles. The highest BCUT2D eigenvalue weighted by Gasteiger charge is 2.30. The zero-order chi connectivity index (χ0) is 16.3. The third kappa shape index (κ3) is 9.82. The lowest BCUT2D eigenvalue weighted by Gasteiger charge is -2.27. The van der Waals surface area contributed by atoms with E-state index in [2.05, 4.69) is 38.3 Å². The first-order valence-corrected chi connectivity index (χ1v) is 7.95. The summed E-state index contributed by atoms with van der Waals surface area (Å²) in [6, 6.07) is 0.489. The Morgan fingerprint density at radius 1 is 1.00 bits per heavy atom. The SMILES string of the molecule is CC(C)NCCOCCOCCNC(=O)C(C)(C)C(C)C.[HH].[HH]. The second-order valence-corrected chi connectivity index (χ2v) is 6.47. The van der Waals surface area contributed by atoms with Gasteiger partial charge in [-0.15, -0.1) is 0 Å². The zero-order valence-corrected chi connectivity index (χ0v) is 14.6. The molecule has 0 aliphatic rings. The van der Waals surface area contributed by atoms with Crippen LogP contribution in [-0.4, -0.2) is 51.5 Å². The minimum atomic E-state index is -0.341. The summed E-state index contributed by atoms with van der Waals surface area (Å²) in [6.45, 7) is 16.0. The first kappa shape index (κ1) is 20.3. The number of nitrogens with one attached hydrogen (secondary N) is 2. The van der Waals surface area contributed by atoms with Gasteiger partial charge in [-0.05, 0) is 5.92 Å². The molecule has 0 aliphatic heterocycles. The van der Waals surface area contributed by atoms with E-state index in [-0.39, 0.29) is 14.2 Å². The van der Waals surface area contributed by atoms with Gasteiger partial charge in [-0.2, -0.15) is 0 Å². The van der Waals surface area contributed by atoms with Gasteiger partial charge in [0, 0.05) is 27.4 Å². The van der Waals surface area contributed by atoms with Gasteiger partial charge in [-0.3, -0.25) is 4.79 Å². The van der Waals surface area contributed by atoms with Crippen molar-refractivity contribution in [2.75, 3.05) is 39.5 Å². The largest absolute Gasteiger partial charge is 0.378 e. The molecule has 0 saturated heterocycles. The number of carbonyl (C=O) groups is 1. The standard InChI is InChI=1S/C16H34N2O3.2H2/c1-13(2)16(5,6)15(19)18-8-10-21-12-11-20-9-7-17-14(3)4;;/h13-14,17H,7-12H2,1-6H3,(H,18,19);2*1H. The number of rotatable bonds is 12. The van der Waals surface area contributed by atoms with E-state index >= 15 is 0 Å². The Kier molecular flexibility index (Phi) is 10.6. The van der Waals surface area contributed by atoms with Crippen molar-refractivity contribution in [1.82, 2.24) is 10.6 Å². The maximum atomic E-state index is 12.0. The summed E-state index contributed by atoms with van der Waals surface area (Å²) >= 11 is 0. The van der Waals surface area contributed by atoms with Crippen LogP contribution < -0.4 is 10.6 Å². The van der Waals surface area contributed by atoms with Gasteiger partial charge in [-0.25, -0.2) is 0 Å². The molecule has 130 valence electrons. The smallest absolute Gasteiger partial charge is 0.225 e. The Bertz CT molecular complexity index is 288. The molecule has 0 unspecified atom stereocenters. The summed E-state index contributed by atoms with van der Waals surface area (Å²) in [6.07, 6.45) is 0. The van der Waals surface area contributed by atoms with Crippen molar-refractivity contribution in [1.29, 1.82) is 0 Å². The van der Waals surface area contributed by atoms with Crippen molar-refractivity contribution in [3.05, 3.63) is 0 Å². The summed E-state index contributed by atoms with van der Waals surface area (Å²) in [5.41, 5.74) is -0.341. The van der Waals surface area contributed by atoms with Crippen molar-refractivity contribution in [2.45, 2.75) is 47.6 Å². The Morgan fingerprint density at radius 3 is 2.00 bits per heavy atom.